The van der Waals surface area contributed by atoms with Crippen molar-refractivity contribution >= 4 is 18.5 Å². The molecule has 0 spiro atoms. The number of hydrogen-bond acceptors (Lipinski definition) is 6. The van der Waals surface area contributed by atoms with Crippen LogP contribution in [0.1, 0.15) is 46.4 Å². The number of aromatic nitrogens is 1. The van der Waals surface area contributed by atoms with E-state index in [0.29, 0.717) is 5.69 Å². The van der Waals surface area contributed by atoms with E-state index in [1.165, 1.54) is 6.92 Å². The van der Waals surface area contributed by atoms with Crippen molar-refractivity contribution in [1.29, 1.82) is 0 Å². The monoisotopic (exact) mass is 336 g/mol. The number of aliphatic hydroxyl groups excluding tert-OH is 2. The van der Waals surface area contributed by atoms with Crippen molar-refractivity contribution in [2.75, 3.05) is 6.54 Å². The number of nitrogens with zero attached hydrogens (tertiary/aromatic N) is 1. The Balaban J connectivity index is 2.05. The normalized spacial score (nSPS) is 21.4. The second-order valence-electron chi connectivity index (χ2n) is 7.05. The number of rotatable bonds is 5. The molecule has 1 fully saturated rings. The molecule has 1 saturated heterocycles. The molecule has 0 bridgehead atoms. The number of aliphatic hydroxyl groups is 2. The van der Waals surface area contributed by atoms with E-state index < -0.39 is 30.5 Å². The smallest absolute Gasteiger partial charge is 0.399 e. The Kier molecular flexibility index (Phi) is 5.34. The van der Waals surface area contributed by atoms with Crippen LogP contribution >= 0.6 is 0 Å². The Bertz CT molecular complexity index is 575. The maximum Gasteiger partial charge on any atom is 0.496 e. The van der Waals surface area contributed by atoms with Crippen molar-refractivity contribution in [3.8, 4) is 0 Å². The van der Waals surface area contributed by atoms with Gasteiger partial charge in [-0.05, 0) is 33.8 Å². The van der Waals surface area contributed by atoms with Crippen molar-refractivity contribution in [1.82, 2.24) is 10.3 Å². The molecule has 2 rings (SSSR count). The standard InChI is InChI=1S/C16H25BN2O5/c1-10(20)18-9-13(21)14(22)12-7-6-11(8-19-12)17-23-15(2,3)16(4,5)24-17/h6-8,13-14,21-22H,9H2,1-5H3,(H,18,20). The zero-order valence-electron chi connectivity index (χ0n) is 14.7. The molecule has 2 heterocycles. The number of carbonyl (C=O) groups is 1. The maximum atomic E-state index is 10.9. The summed E-state index contributed by atoms with van der Waals surface area (Å²) < 4.78 is 11.9. The number of carbonyl (C=O) groups excluding carboxylic acids is 1. The molecule has 1 aromatic heterocycles. The SMILES string of the molecule is CC(=O)NCC(O)C(O)c1ccc(B2OC(C)(C)C(C)(C)O2)cn1. The summed E-state index contributed by atoms with van der Waals surface area (Å²) in [7, 11) is -0.530. The van der Waals surface area contributed by atoms with E-state index in [1.807, 2.05) is 27.7 Å². The van der Waals surface area contributed by atoms with Crippen LogP contribution < -0.4 is 10.8 Å². The van der Waals surface area contributed by atoms with Gasteiger partial charge in [-0.25, -0.2) is 0 Å². The first-order chi connectivity index (χ1) is 11.0. The largest absolute Gasteiger partial charge is 0.496 e. The molecule has 132 valence electrons. The van der Waals surface area contributed by atoms with Gasteiger partial charge in [0.15, 0.2) is 0 Å². The molecule has 1 aromatic rings. The third-order valence-corrected chi connectivity index (χ3v) is 4.56. The number of hydrogen-bond donors (Lipinski definition) is 3. The van der Waals surface area contributed by atoms with Crippen molar-refractivity contribution < 1.29 is 24.3 Å². The Morgan fingerprint density at radius 1 is 1.25 bits per heavy atom. The van der Waals surface area contributed by atoms with Crippen molar-refractivity contribution in [3.63, 3.8) is 0 Å². The second kappa shape index (κ2) is 6.80. The maximum absolute atomic E-state index is 10.9. The number of nitrogens with one attached hydrogen (secondary N) is 1. The lowest BCUT2D eigenvalue weighted by molar-refractivity contribution is -0.119. The first kappa shape index (κ1) is 18.9. The van der Waals surface area contributed by atoms with Crippen LogP contribution in [0.15, 0.2) is 18.3 Å². The molecule has 0 aliphatic carbocycles. The Hall–Kier alpha value is -1.48. The highest BCUT2D eigenvalue weighted by atomic mass is 16.7. The summed E-state index contributed by atoms with van der Waals surface area (Å²) in [5.74, 6) is -0.273. The van der Waals surface area contributed by atoms with Crippen LogP contribution in [0.4, 0.5) is 0 Å². The lowest BCUT2D eigenvalue weighted by Crippen LogP contribution is -2.41. The topological polar surface area (TPSA) is 101 Å². The Labute approximate surface area is 142 Å². The van der Waals surface area contributed by atoms with E-state index in [4.69, 9.17) is 9.31 Å². The van der Waals surface area contributed by atoms with Crippen LogP contribution in [0.3, 0.4) is 0 Å². The third-order valence-electron chi connectivity index (χ3n) is 4.56. The summed E-state index contributed by atoms with van der Waals surface area (Å²) >= 11 is 0. The quantitative estimate of drug-likeness (QED) is 0.650. The van der Waals surface area contributed by atoms with Crippen molar-refractivity contribution in [2.24, 2.45) is 0 Å². The van der Waals surface area contributed by atoms with E-state index in [-0.39, 0.29) is 12.5 Å². The van der Waals surface area contributed by atoms with E-state index in [1.54, 1.807) is 18.3 Å². The highest BCUT2D eigenvalue weighted by molar-refractivity contribution is 6.62. The van der Waals surface area contributed by atoms with Crippen LogP contribution in [0.25, 0.3) is 0 Å². The molecule has 0 saturated carbocycles. The molecular weight excluding hydrogens is 311 g/mol. The van der Waals surface area contributed by atoms with Gasteiger partial charge in [-0.2, -0.15) is 0 Å². The predicted molar refractivity (Wildman–Crippen MR) is 89.6 cm³/mol. The number of amides is 1. The molecule has 24 heavy (non-hydrogen) atoms. The molecule has 2 atom stereocenters. The molecule has 2 unspecified atom stereocenters. The molecule has 0 radical (unpaired) electrons. The second-order valence-corrected chi connectivity index (χ2v) is 7.05. The van der Waals surface area contributed by atoms with Gasteiger partial charge in [0.05, 0.1) is 16.9 Å². The molecule has 1 amide bonds. The average Bonchev–Trinajstić information content (AvgIpc) is 2.72. The molecule has 7 nitrogen and oxygen atoms in total. The van der Waals surface area contributed by atoms with Gasteiger partial charge >= 0.3 is 7.12 Å². The van der Waals surface area contributed by atoms with Crippen LogP contribution in [-0.2, 0) is 14.1 Å². The zero-order valence-corrected chi connectivity index (χ0v) is 14.7. The summed E-state index contributed by atoms with van der Waals surface area (Å²) in [4.78, 5) is 15.0. The molecule has 0 aromatic carbocycles. The minimum absolute atomic E-state index is 0.0445. The van der Waals surface area contributed by atoms with Gasteiger partial charge in [-0.15, -0.1) is 0 Å². The van der Waals surface area contributed by atoms with Crippen molar-refractivity contribution in [2.45, 2.75) is 58.0 Å². The fourth-order valence-corrected chi connectivity index (χ4v) is 2.27. The predicted octanol–water partition coefficient (Wildman–Crippen LogP) is -0.0888. The van der Waals surface area contributed by atoms with Gasteiger partial charge in [0.2, 0.25) is 5.91 Å². The fourth-order valence-electron chi connectivity index (χ4n) is 2.27. The Morgan fingerprint density at radius 3 is 2.29 bits per heavy atom. The zero-order chi connectivity index (χ0) is 18.1. The molecule has 3 N–H and O–H groups in total. The van der Waals surface area contributed by atoms with E-state index in [2.05, 4.69) is 10.3 Å². The van der Waals surface area contributed by atoms with Gasteiger partial charge in [0, 0.05) is 25.1 Å². The highest BCUT2D eigenvalue weighted by Crippen LogP contribution is 2.36. The summed E-state index contributed by atoms with van der Waals surface area (Å²) in [5.41, 5.74) is 0.170. The van der Waals surface area contributed by atoms with E-state index in [0.717, 1.165) is 5.46 Å². The van der Waals surface area contributed by atoms with Crippen molar-refractivity contribution in [3.05, 3.63) is 24.0 Å². The summed E-state index contributed by atoms with van der Waals surface area (Å²) in [6.45, 7) is 9.18. The van der Waals surface area contributed by atoms with Crippen LogP contribution in [-0.4, -0.2) is 52.1 Å². The molecular formula is C16H25BN2O5. The lowest BCUT2D eigenvalue weighted by atomic mass is 9.80. The van der Waals surface area contributed by atoms with Crippen LogP contribution in [0.2, 0.25) is 0 Å². The van der Waals surface area contributed by atoms with E-state index >= 15 is 0 Å². The summed E-state index contributed by atoms with van der Waals surface area (Å²) in [6, 6.07) is 3.36. The highest BCUT2D eigenvalue weighted by Gasteiger charge is 2.51. The average molecular weight is 336 g/mol. The van der Waals surface area contributed by atoms with Gasteiger partial charge < -0.3 is 24.8 Å². The summed E-state index contributed by atoms with van der Waals surface area (Å²) in [5, 5.41) is 22.4. The fraction of sp³-hybridized carbons (Fsp3) is 0.625. The lowest BCUT2D eigenvalue weighted by Gasteiger charge is -2.32. The summed E-state index contributed by atoms with van der Waals surface area (Å²) in [6.07, 6.45) is -0.764. The minimum atomic E-state index is -1.19. The van der Waals surface area contributed by atoms with Gasteiger partial charge in [0.1, 0.15) is 12.2 Å². The van der Waals surface area contributed by atoms with E-state index in [9.17, 15) is 15.0 Å². The Morgan fingerprint density at radius 2 is 1.83 bits per heavy atom. The van der Waals surface area contributed by atoms with Crippen LogP contribution in [0, 0.1) is 0 Å². The third kappa shape index (κ3) is 3.95. The molecule has 8 heteroatoms. The first-order valence-electron chi connectivity index (χ1n) is 7.95. The first-order valence-corrected chi connectivity index (χ1v) is 7.95. The number of pyridine rings is 1. The van der Waals surface area contributed by atoms with Gasteiger partial charge in [-0.3, -0.25) is 9.78 Å². The minimum Gasteiger partial charge on any atom is -0.399 e. The van der Waals surface area contributed by atoms with Gasteiger partial charge in [0.25, 0.3) is 0 Å². The molecule has 1 aliphatic heterocycles. The molecule has 1 aliphatic rings. The van der Waals surface area contributed by atoms with Crippen LogP contribution in [0.5, 0.6) is 0 Å². The van der Waals surface area contributed by atoms with Gasteiger partial charge in [-0.1, -0.05) is 6.07 Å².